The summed E-state index contributed by atoms with van der Waals surface area (Å²) in [4.78, 5) is 27.2. The van der Waals surface area contributed by atoms with Crippen molar-refractivity contribution in [2.75, 3.05) is 17.9 Å². The number of nitrogens with zero attached hydrogens (tertiary/aromatic N) is 2. The first-order chi connectivity index (χ1) is 19.1. The van der Waals surface area contributed by atoms with Gasteiger partial charge in [0.2, 0.25) is 11.8 Å². The van der Waals surface area contributed by atoms with Gasteiger partial charge in [-0.3, -0.25) is 13.9 Å². The summed E-state index contributed by atoms with van der Waals surface area (Å²) in [6.45, 7) is 1.88. The number of benzene rings is 3. The second-order valence-corrected chi connectivity index (χ2v) is 12.1. The normalized spacial score (nSPS) is 12.5. The Bertz CT molecular complexity index is 1530. The largest absolute Gasteiger partial charge is 0.417 e. The summed E-state index contributed by atoms with van der Waals surface area (Å²) >= 11 is 18.4. The van der Waals surface area contributed by atoms with Gasteiger partial charge in [0.25, 0.3) is 10.0 Å². The van der Waals surface area contributed by atoms with Crippen molar-refractivity contribution in [2.24, 2.45) is 0 Å². The molecule has 220 valence electrons. The lowest BCUT2D eigenvalue weighted by Crippen LogP contribution is -2.50. The Morgan fingerprint density at radius 3 is 2.07 bits per heavy atom. The Morgan fingerprint density at radius 1 is 0.951 bits per heavy atom. The summed E-state index contributed by atoms with van der Waals surface area (Å²) in [7, 11) is -3.24. The van der Waals surface area contributed by atoms with Crippen LogP contribution in [0, 0.1) is 6.92 Å². The van der Waals surface area contributed by atoms with Crippen molar-refractivity contribution in [3.05, 3.63) is 92.4 Å². The number of carbonyl (C=O) groups excluding carboxylic acids is 2. The van der Waals surface area contributed by atoms with E-state index in [0.717, 1.165) is 22.6 Å². The van der Waals surface area contributed by atoms with Crippen LogP contribution in [0.1, 0.15) is 23.6 Å². The van der Waals surface area contributed by atoms with Crippen LogP contribution in [-0.2, 0) is 32.3 Å². The number of halogens is 6. The molecule has 0 spiro atoms. The van der Waals surface area contributed by atoms with Gasteiger partial charge < -0.3 is 10.2 Å². The van der Waals surface area contributed by atoms with E-state index in [2.05, 4.69) is 5.32 Å². The van der Waals surface area contributed by atoms with Crippen molar-refractivity contribution in [1.82, 2.24) is 10.2 Å². The number of alkyl halides is 3. The lowest BCUT2D eigenvalue weighted by molar-refractivity contribution is -0.139. The highest BCUT2D eigenvalue weighted by Gasteiger charge is 2.37. The zero-order valence-electron chi connectivity index (χ0n) is 22.0. The summed E-state index contributed by atoms with van der Waals surface area (Å²) in [6, 6.07) is 11.6. The van der Waals surface area contributed by atoms with E-state index in [-0.39, 0.29) is 21.5 Å². The van der Waals surface area contributed by atoms with Gasteiger partial charge in [0.1, 0.15) is 12.6 Å². The molecule has 3 rings (SSSR count). The lowest BCUT2D eigenvalue weighted by atomic mass is 10.1. The van der Waals surface area contributed by atoms with Gasteiger partial charge in [0, 0.05) is 29.2 Å². The Morgan fingerprint density at radius 2 is 1.54 bits per heavy atom. The third-order valence-corrected chi connectivity index (χ3v) is 9.06. The Balaban J connectivity index is 2.16. The minimum Gasteiger partial charge on any atom is -0.357 e. The van der Waals surface area contributed by atoms with Crippen LogP contribution >= 0.6 is 34.8 Å². The molecule has 1 N–H and O–H groups in total. The average molecular weight is 651 g/mol. The highest BCUT2D eigenvalue weighted by molar-refractivity contribution is 7.92. The molecular formula is C27H25Cl3F3N3O4S. The maximum absolute atomic E-state index is 13.8. The molecule has 0 aliphatic heterocycles. The molecule has 0 aliphatic rings. The minimum absolute atomic E-state index is 0.191. The number of rotatable bonds is 9. The van der Waals surface area contributed by atoms with Crippen molar-refractivity contribution >= 4 is 62.3 Å². The summed E-state index contributed by atoms with van der Waals surface area (Å²) in [6.07, 6.45) is -4.91. The number of sulfonamides is 1. The van der Waals surface area contributed by atoms with Crippen LogP contribution in [0.25, 0.3) is 0 Å². The highest BCUT2D eigenvalue weighted by atomic mass is 35.5. The highest BCUT2D eigenvalue weighted by Crippen LogP contribution is 2.38. The van der Waals surface area contributed by atoms with Gasteiger partial charge in [-0.15, -0.1) is 0 Å². The maximum Gasteiger partial charge on any atom is 0.417 e. The third kappa shape index (κ3) is 7.45. The number of nitrogens with one attached hydrogen (secondary N) is 1. The number of aryl methyl sites for hydroxylation is 1. The molecule has 14 heteroatoms. The molecule has 2 amide bonds. The fourth-order valence-corrected chi connectivity index (χ4v) is 6.04. The monoisotopic (exact) mass is 649 g/mol. The van der Waals surface area contributed by atoms with E-state index in [1.54, 1.807) is 13.0 Å². The topological polar surface area (TPSA) is 86.8 Å². The van der Waals surface area contributed by atoms with E-state index < -0.39 is 56.9 Å². The van der Waals surface area contributed by atoms with Crippen LogP contribution in [-0.4, -0.2) is 44.8 Å². The lowest BCUT2D eigenvalue weighted by Gasteiger charge is -2.32. The number of likely N-dealkylation sites (N-methyl/N-ethyl adjacent to an activating group) is 1. The predicted octanol–water partition coefficient (Wildman–Crippen LogP) is 6.33. The number of hydrogen-bond acceptors (Lipinski definition) is 4. The zero-order chi connectivity index (χ0) is 30.7. The van der Waals surface area contributed by atoms with Crippen LogP contribution in [0.15, 0.2) is 65.6 Å². The molecule has 7 nitrogen and oxygen atoms in total. The van der Waals surface area contributed by atoms with Crippen LogP contribution < -0.4 is 9.62 Å². The van der Waals surface area contributed by atoms with Crippen LogP contribution in [0.4, 0.5) is 18.9 Å². The van der Waals surface area contributed by atoms with E-state index in [0.29, 0.717) is 15.9 Å². The molecule has 0 heterocycles. The van der Waals surface area contributed by atoms with E-state index in [4.69, 9.17) is 34.8 Å². The standard InChI is InChI=1S/C27H25Cl3F3N3O4S/c1-16-7-10-19(11-8-16)41(39,40)36(18-9-12-24(30)21(13-18)27(31,32)33)15-25(37)35(17(2)26(38)34-3)14-20-22(28)5-4-6-23(20)29/h4-13,17H,14-15H2,1-3H3,(H,34,38)/t17-/m1/s1. The summed E-state index contributed by atoms with van der Waals surface area (Å²) in [5.41, 5.74) is -0.719. The fourth-order valence-electron chi connectivity index (χ4n) is 3.90. The molecule has 0 fully saturated rings. The van der Waals surface area contributed by atoms with Crippen molar-refractivity contribution in [3.63, 3.8) is 0 Å². The smallest absolute Gasteiger partial charge is 0.357 e. The first kappa shape index (κ1) is 32.5. The summed E-state index contributed by atoms with van der Waals surface area (Å²) in [5.74, 6) is -1.49. The molecule has 3 aromatic carbocycles. The molecule has 0 unspecified atom stereocenters. The molecule has 0 bridgehead atoms. The van der Waals surface area contributed by atoms with E-state index >= 15 is 0 Å². The molecular weight excluding hydrogens is 626 g/mol. The first-order valence-corrected chi connectivity index (χ1v) is 14.6. The van der Waals surface area contributed by atoms with Gasteiger partial charge in [-0.1, -0.05) is 58.6 Å². The number of hydrogen-bond donors (Lipinski definition) is 1. The predicted molar refractivity (Wildman–Crippen MR) is 153 cm³/mol. The van der Waals surface area contributed by atoms with Crippen molar-refractivity contribution in [1.29, 1.82) is 0 Å². The van der Waals surface area contributed by atoms with E-state index in [9.17, 15) is 31.2 Å². The van der Waals surface area contributed by atoms with Gasteiger partial charge in [0.05, 0.1) is 21.2 Å². The van der Waals surface area contributed by atoms with E-state index in [1.165, 1.54) is 50.4 Å². The SMILES string of the molecule is CNC(=O)[C@@H](C)N(Cc1c(Cl)cccc1Cl)C(=O)CN(c1ccc(Cl)c(C(F)(F)F)c1)S(=O)(=O)c1ccc(C)cc1. The average Bonchev–Trinajstić information content (AvgIpc) is 2.90. The first-order valence-electron chi connectivity index (χ1n) is 12.0. The molecule has 0 saturated carbocycles. The molecule has 0 radical (unpaired) electrons. The van der Waals surface area contributed by atoms with Gasteiger partial charge in [0.15, 0.2) is 0 Å². The van der Waals surface area contributed by atoms with Gasteiger partial charge in [-0.05, 0) is 56.3 Å². The number of anilines is 1. The number of amides is 2. The molecule has 41 heavy (non-hydrogen) atoms. The maximum atomic E-state index is 13.8. The Kier molecular flexibility index (Phi) is 10.2. The Hall–Kier alpha value is -2.99. The summed E-state index contributed by atoms with van der Waals surface area (Å²) < 4.78 is 69.2. The van der Waals surface area contributed by atoms with Gasteiger partial charge in [-0.2, -0.15) is 13.2 Å². The van der Waals surface area contributed by atoms with E-state index in [1.807, 2.05) is 0 Å². The van der Waals surface area contributed by atoms with Crippen molar-refractivity contribution in [3.8, 4) is 0 Å². The molecule has 1 atom stereocenters. The van der Waals surface area contributed by atoms with Crippen LogP contribution in [0.3, 0.4) is 0 Å². The second-order valence-electron chi connectivity index (χ2n) is 9.00. The minimum atomic E-state index is -4.91. The molecule has 0 saturated heterocycles. The third-order valence-electron chi connectivity index (χ3n) is 6.24. The quantitative estimate of drug-likeness (QED) is 0.293. The zero-order valence-corrected chi connectivity index (χ0v) is 25.1. The van der Waals surface area contributed by atoms with Crippen molar-refractivity contribution in [2.45, 2.75) is 37.5 Å². The van der Waals surface area contributed by atoms with Crippen LogP contribution in [0.2, 0.25) is 15.1 Å². The van der Waals surface area contributed by atoms with Crippen LogP contribution in [0.5, 0.6) is 0 Å². The molecule has 0 aromatic heterocycles. The molecule has 0 aliphatic carbocycles. The van der Waals surface area contributed by atoms with Crippen molar-refractivity contribution < 1.29 is 31.2 Å². The second kappa shape index (κ2) is 12.9. The number of carbonyl (C=O) groups is 2. The summed E-state index contributed by atoms with van der Waals surface area (Å²) in [5, 5.41) is 2.15. The Labute approximate surface area is 250 Å². The van der Waals surface area contributed by atoms with Gasteiger partial charge >= 0.3 is 6.18 Å². The fraction of sp³-hybridized carbons (Fsp3) is 0.259. The van der Waals surface area contributed by atoms with Gasteiger partial charge in [-0.25, -0.2) is 8.42 Å². The molecule has 3 aromatic rings.